The van der Waals surface area contributed by atoms with Gasteiger partial charge in [-0.1, -0.05) is 12.1 Å². The highest BCUT2D eigenvalue weighted by Crippen LogP contribution is 2.34. The summed E-state index contributed by atoms with van der Waals surface area (Å²) in [4.78, 5) is 29.7. The van der Waals surface area contributed by atoms with Crippen LogP contribution in [0.25, 0.3) is 0 Å². The van der Waals surface area contributed by atoms with Crippen molar-refractivity contribution in [2.45, 2.75) is 63.8 Å². The number of carbonyl (C=O) groups is 2. The number of rotatable bonds is 3. The average molecular weight is 350 g/mol. The van der Waals surface area contributed by atoms with Crippen LogP contribution >= 0.6 is 0 Å². The number of likely N-dealkylation sites (tertiary alicyclic amines) is 1. The summed E-state index contributed by atoms with van der Waals surface area (Å²) >= 11 is 0. The average Bonchev–Trinajstić information content (AvgIpc) is 3.03. The van der Waals surface area contributed by atoms with Gasteiger partial charge in [-0.2, -0.15) is 4.98 Å². The Labute approximate surface area is 147 Å². The summed E-state index contributed by atoms with van der Waals surface area (Å²) < 4.78 is 5.33. The van der Waals surface area contributed by atoms with E-state index in [4.69, 9.17) is 9.63 Å². The second kappa shape index (κ2) is 7.01. The monoisotopic (exact) mass is 350 g/mol. The summed E-state index contributed by atoms with van der Waals surface area (Å²) in [5, 5.41) is 16.0. The smallest absolute Gasteiger partial charge is 0.317 e. The number of hydrogen-bond donors (Lipinski definition) is 2. The van der Waals surface area contributed by atoms with Crippen molar-refractivity contribution in [3.8, 4) is 0 Å². The number of hydrogen-bond acceptors (Lipinski definition) is 5. The number of amides is 2. The van der Waals surface area contributed by atoms with Gasteiger partial charge in [0.15, 0.2) is 5.82 Å². The van der Waals surface area contributed by atoms with Gasteiger partial charge < -0.3 is 19.8 Å². The van der Waals surface area contributed by atoms with Gasteiger partial charge in [0.25, 0.3) is 0 Å². The van der Waals surface area contributed by atoms with Crippen LogP contribution in [0.5, 0.6) is 0 Å². The predicted molar refractivity (Wildman–Crippen MR) is 89.1 cm³/mol. The molecule has 2 heterocycles. The molecule has 2 amide bonds. The van der Waals surface area contributed by atoms with E-state index in [1.165, 1.54) is 0 Å². The molecule has 0 unspecified atom stereocenters. The Morgan fingerprint density at radius 3 is 2.40 bits per heavy atom. The van der Waals surface area contributed by atoms with Crippen molar-refractivity contribution in [1.82, 2.24) is 20.4 Å². The highest BCUT2D eigenvalue weighted by molar-refractivity contribution is 5.75. The Kier molecular flexibility index (Phi) is 4.96. The summed E-state index contributed by atoms with van der Waals surface area (Å²) in [5.74, 6) is 0.295. The first kappa shape index (κ1) is 17.7. The molecule has 2 fully saturated rings. The number of carbonyl (C=O) groups excluding carboxylic acids is 1. The normalized spacial score (nSPS) is 26.2. The first-order valence-electron chi connectivity index (χ1n) is 8.96. The number of urea groups is 1. The van der Waals surface area contributed by atoms with Crippen LogP contribution in [0.15, 0.2) is 4.52 Å². The maximum Gasteiger partial charge on any atom is 0.317 e. The first-order chi connectivity index (χ1) is 11.9. The van der Waals surface area contributed by atoms with Crippen molar-refractivity contribution < 1.29 is 19.2 Å². The molecule has 8 nitrogen and oxygen atoms in total. The largest absolute Gasteiger partial charge is 0.481 e. The number of piperidine rings is 1. The highest BCUT2D eigenvalue weighted by atomic mass is 16.5. The van der Waals surface area contributed by atoms with E-state index in [0.29, 0.717) is 37.6 Å². The van der Waals surface area contributed by atoms with Gasteiger partial charge in [0.1, 0.15) is 0 Å². The van der Waals surface area contributed by atoms with Crippen molar-refractivity contribution >= 4 is 12.0 Å². The number of aryl methyl sites for hydroxylation is 1. The summed E-state index contributed by atoms with van der Waals surface area (Å²) in [7, 11) is 0. The quantitative estimate of drug-likeness (QED) is 0.864. The SMILES string of the molecule is Cc1noc(C2(C)CCN(C(=O)NC3CCC(C(=O)O)CC3)CC2)n1. The van der Waals surface area contributed by atoms with Gasteiger partial charge in [0.2, 0.25) is 5.89 Å². The number of carboxylic acids is 1. The summed E-state index contributed by atoms with van der Waals surface area (Å²) in [6.45, 7) is 5.20. The molecule has 8 heteroatoms. The molecule has 1 saturated heterocycles. The van der Waals surface area contributed by atoms with E-state index in [9.17, 15) is 9.59 Å². The number of nitrogens with one attached hydrogen (secondary N) is 1. The molecule has 3 rings (SSSR count). The van der Waals surface area contributed by atoms with Gasteiger partial charge in [0.05, 0.1) is 11.3 Å². The van der Waals surface area contributed by atoms with Crippen LogP contribution in [0, 0.1) is 12.8 Å². The Morgan fingerprint density at radius 1 is 1.24 bits per heavy atom. The predicted octanol–water partition coefficient (Wildman–Crippen LogP) is 2.08. The molecular weight excluding hydrogens is 324 g/mol. The van der Waals surface area contributed by atoms with E-state index in [0.717, 1.165) is 25.7 Å². The van der Waals surface area contributed by atoms with Crippen molar-refractivity contribution in [3.05, 3.63) is 11.7 Å². The van der Waals surface area contributed by atoms with Gasteiger partial charge in [-0.15, -0.1) is 0 Å². The van der Waals surface area contributed by atoms with Crippen molar-refractivity contribution in [3.63, 3.8) is 0 Å². The molecule has 0 radical (unpaired) electrons. The van der Waals surface area contributed by atoms with Gasteiger partial charge in [-0.25, -0.2) is 4.79 Å². The summed E-state index contributed by atoms with van der Waals surface area (Å²) in [6, 6.07) is 0.0255. The lowest BCUT2D eigenvalue weighted by molar-refractivity contribution is -0.142. The molecule has 2 aliphatic rings. The van der Waals surface area contributed by atoms with Gasteiger partial charge in [0, 0.05) is 19.1 Å². The van der Waals surface area contributed by atoms with Crippen LogP contribution in [-0.4, -0.2) is 51.3 Å². The highest BCUT2D eigenvalue weighted by Gasteiger charge is 2.38. The maximum absolute atomic E-state index is 12.5. The number of aliphatic carboxylic acids is 1. The zero-order valence-electron chi connectivity index (χ0n) is 14.8. The van der Waals surface area contributed by atoms with Crippen LogP contribution < -0.4 is 5.32 Å². The summed E-state index contributed by atoms with van der Waals surface area (Å²) in [6.07, 6.45) is 4.30. The second-order valence-electron chi connectivity index (χ2n) is 7.53. The Bertz CT molecular complexity index is 628. The van der Waals surface area contributed by atoms with E-state index in [-0.39, 0.29) is 23.4 Å². The second-order valence-corrected chi connectivity index (χ2v) is 7.53. The van der Waals surface area contributed by atoms with Crippen LogP contribution in [0.3, 0.4) is 0 Å². The van der Waals surface area contributed by atoms with Gasteiger partial charge >= 0.3 is 12.0 Å². The maximum atomic E-state index is 12.5. The number of carboxylic acid groups (broad SMARTS) is 1. The molecule has 138 valence electrons. The molecule has 1 aromatic rings. The molecule has 1 aliphatic heterocycles. The molecule has 0 aromatic carbocycles. The standard InChI is InChI=1S/C17H26N4O4/c1-11-18-15(25-20-11)17(2)7-9-21(10-8-17)16(24)19-13-5-3-12(4-6-13)14(22)23/h12-13H,3-10H2,1-2H3,(H,19,24)(H,22,23). The van der Waals surface area contributed by atoms with Crippen LogP contribution in [0.1, 0.15) is 57.2 Å². The van der Waals surface area contributed by atoms with E-state index in [2.05, 4.69) is 22.4 Å². The minimum atomic E-state index is -0.726. The molecule has 0 spiro atoms. The van der Waals surface area contributed by atoms with E-state index >= 15 is 0 Å². The summed E-state index contributed by atoms with van der Waals surface area (Å²) in [5.41, 5.74) is -0.183. The molecule has 1 aliphatic carbocycles. The van der Waals surface area contributed by atoms with E-state index in [1.807, 2.05) is 4.90 Å². The van der Waals surface area contributed by atoms with Crippen molar-refractivity contribution in [1.29, 1.82) is 0 Å². The Balaban J connectivity index is 1.48. The number of nitrogens with zero attached hydrogens (tertiary/aromatic N) is 3. The molecular formula is C17H26N4O4. The zero-order valence-corrected chi connectivity index (χ0v) is 14.8. The fourth-order valence-corrected chi connectivity index (χ4v) is 3.71. The van der Waals surface area contributed by atoms with Gasteiger partial charge in [-0.3, -0.25) is 4.79 Å². The lowest BCUT2D eigenvalue weighted by Crippen LogP contribution is -2.51. The minimum absolute atomic E-state index is 0.0532. The third kappa shape index (κ3) is 3.93. The minimum Gasteiger partial charge on any atom is -0.481 e. The number of aromatic nitrogens is 2. The third-order valence-electron chi connectivity index (χ3n) is 5.60. The van der Waals surface area contributed by atoms with E-state index in [1.54, 1.807) is 6.92 Å². The van der Waals surface area contributed by atoms with E-state index < -0.39 is 5.97 Å². The molecule has 1 aromatic heterocycles. The fourth-order valence-electron chi connectivity index (χ4n) is 3.71. The lowest BCUT2D eigenvalue weighted by atomic mass is 9.80. The topological polar surface area (TPSA) is 109 Å². The van der Waals surface area contributed by atoms with Crippen molar-refractivity contribution in [2.24, 2.45) is 5.92 Å². The molecule has 1 saturated carbocycles. The first-order valence-corrected chi connectivity index (χ1v) is 8.96. The molecule has 25 heavy (non-hydrogen) atoms. The van der Waals surface area contributed by atoms with Crippen molar-refractivity contribution in [2.75, 3.05) is 13.1 Å². The zero-order chi connectivity index (χ0) is 18.0. The molecule has 0 bridgehead atoms. The van der Waals surface area contributed by atoms with Crippen LogP contribution in [0.4, 0.5) is 4.79 Å². The molecule has 2 N–H and O–H groups in total. The third-order valence-corrected chi connectivity index (χ3v) is 5.60. The van der Waals surface area contributed by atoms with Crippen LogP contribution in [-0.2, 0) is 10.2 Å². The lowest BCUT2D eigenvalue weighted by Gasteiger charge is -2.38. The molecule has 0 atom stereocenters. The van der Waals surface area contributed by atoms with Gasteiger partial charge in [-0.05, 0) is 45.4 Å². The fraction of sp³-hybridized carbons (Fsp3) is 0.765. The van der Waals surface area contributed by atoms with Crippen LogP contribution in [0.2, 0.25) is 0 Å². The Hall–Kier alpha value is -2.12. The Morgan fingerprint density at radius 2 is 1.88 bits per heavy atom.